The normalized spacial score (nSPS) is 15.5. The minimum Gasteiger partial charge on any atom is -0.382 e. The highest BCUT2D eigenvalue weighted by Gasteiger charge is 2.20. The number of hydrogen-bond donors (Lipinski definition) is 4. The van der Waals surface area contributed by atoms with E-state index in [1.807, 2.05) is 0 Å². The van der Waals surface area contributed by atoms with Gasteiger partial charge in [-0.05, 0) is 43.7 Å². The predicted octanol–water partition coefficient (Wildman–Crippen LogP) is 2.93. The van der Waals surface area contributed by atoms with Crippen molar-refractivity contribution in [2.75, 3.05) is 18.8 Å². The van der Waals surface area contributed by atoms with E-state index in [1.54, 1.807) is 30.3 Å². The van der Waals surface area contributed by atoms with Gasteiger partial charge in [0.15, 0.2) is 11.5 Å². The Labute approximate surface area is 201 Å². The Balaban J connectivity index is 1.48. The summed E-state index contributed by atoms with van der Waals surface area (Å²) in [5.74, 6) is -1.24. The van der Waals surface area contributed by atoms with Crippen molar-refractivity contribution >= 4 is 29.2 Å². The van der Waals surface area contributed by atoms with E-state index in [2.05, 4.69) is 25.9 Å². The number of carbonyl (C=O) groups excluding carboxylic acids is 2. The standard InChI is InChI=1S/C24H24ClFN6O2/c25-17-7-6-16(19(26)10-17)11-30-23(33)15-4-1-3-14(9-15)20-13-29-22(27)21(32-20)24(34)31-18-5-2-8-28-12-18/h1,3-4,6-7,9-10,13,18,28H,2,5,8,11-12H2,(H2,27,29)(H,30,33)(H,31,34)/t18-/m0/s1. The highest BCUT2D eigenvalue weighted by molar-refractivity contribution is 6.30. The van der Waals surface area contributed by atoms with E-state index in [0.717, 1.165) is 19.4 Å². The molecule has 176 valence electrons. The third-order valence-corrected chi connectivity index (χ3v) is 5.76. The number of amides is 2. The number of aromatic nitrogens is 2. The molecule has 1 aliphatic heterocycles. The molecular weight excluding hydrogens is 459 g/mol. The first-order valence-electron chi connectivity index (χ1n) is 10.9. The van der Waals surface area contributed by atoms with Gasteiger partial charge in [-0.15, -0.1) is 0 Å². The number of halogens is 2. The summed E-state index contributed by atoms with van der Waals surface area (Å²) >= 11 is 5.77. The number of benzene rings is 2. The average Bonchev–Trinajstić information content (AvgIpc) is 2.84. The third-order valence-electron chi connectivity index (χ3n) is 5.52. The average molecular weight is 483 g/mol. The monoisotopic (exact) mass is 482 g/mol. The lowest BCUT2D eigenvalue weighted by Crippen LogP contribution is -2.46. The Morgan fingerprint density at radius 1 is 1.21 bits per heavy atom. The quantitative estimate of drug-likeness (QED) is 0.428. The van der Waals surface area contributed by atoms with Crippen molar-refractivity contribution < 1.29 is 14.0 Å². The Bertz CT molecular complexity index is 1220. The summed E-state index contributed by atoms with van der Waals surface area (Å²) in [6, 6.07) is 11.0. The molecule has 2 heterocycles. The molecule has 0 unspecified atom stereocenters. The van der Waals surface area contributed by atoms with Gasteiger partial charge in [0.25, 0.3) is 11.8 Å². The van der Waals surface area contributed by atoms with Crippen LogP contribution in [0.25, 0.3) is 11.3 Å². The van der Waals surface area contributed by atoms with Crippen molar-refractivity contribution in [3.63, 3.8) is 0 Å². The maximum absolute atomic E-state index is 14.0. The fraction of sp³-hybridized carbons (Fsp3) is 0.250. The molecule has 1 fully saturated rings. The molecule has 8 nitrogen and oxygen atoms in total. The lowest BCUT2D eigenvalue weighted by Gasteiger charge is -2.23. The van der Waals surface area contributed by atoms with Gasteiger partial charge < -0.3 is 21.7 Å². The first-order chi connectivity index (χ1) is 16.4. The molecule has 34 heavy (non-hydrogen) atoms. The first-order valence-corrected chi connectivity index (χ1v) is 11.2. The molecule has 1 aliphatic rings. The van der Waals surface area contributed by atoms with Crippen LogP contribution in [0.2, 0.25) is 5.02 Å². The second-order valence-corrected chi connectivity index (χ2v) is 8.44. The van der Waals surface area contributed by atoms with Gasteiger partial charge in [-0.25, -0.2) is 14.4 Å². The van der Waals surface area contributed by atoms with Crippen molar-refractivity contribution in [1.82, 2.24) is 25.9 Å². The van der Waals surface area contributed by atoms with Gasteiger partial charge in [-0.3, -0.25) is 9.59 Å². The van der Waals surface area contributed by atoms with Crippen LogP contribution in [0.5, 0.6) is 0 Å². The minimum absolute atomic E-state index is 0.00334. The lowest BCUT2D eigenvalue weighted by molar-refractivity contribution is 0.0923. The molecule has 2 amide bonds. The summed E-state index contributed by atoms with van der Waals surface area (Å²) in [4.78, 5) is 33.9. The van der Waals surface area contributed by atoms with Crippen molar-refractivity contribution in [2.24, 2.45) is 0 Å². The molecular formula is C24H24ClFN6O2. The maximum atomic E-state index is 14.0. The largest absolute Gasteiger partial charge is 0.382 e. The number of nitrogens with one attached hydrogen (secondary N) is 3. The van der Waals surface area contributed by atoms with Crippen LogP contribution >= 0.6 is 11.6 Å². The van der Waals surface area contributed by atoms with E-state index in [9.17, 15) is 14.0 Å². The number of nitrogen functional groups attached to an aromatic ring is 1. The van der Waals surface area contributed by atoms with Crippen LogP contribution in [-0.2, 0) is 6.54 Å². The van der Waals surface area contributed by atoms with Gasteiger partial charge >= 0.3 is 0 Å². The van der Waals surface area contributed by atoms with Crippen molar-refractivity contribution in [3.8, 4) is 11.3 Å². The van der Waals surface area contributed by atoms with Gasteiger partial charge in [0.2, 0.25) is 0 Å². The Morgan fingerprint density at radius 3 is 2.82 bits per heavy atom. The minimum atomic E-state index is -0.492. The summed E-state index contributed by atoms with van der Waals surface area (Å²) in [6.45, 7) is 1.63. The maximum Gasteiger partial charge on any atom is 0.274 e. The summed E-state index contributed by atoms with van der Waals surface area (Å²) in [5, 5.41) is 9.15. The molecule has 0 spiro atoms. The van der Waals surface area contributed by atoms with Crippen LogP contribution in [0.3, 0.4) is 0 Å². The van der Waals surface area contributed by atoms with Crippen LogP contribution in [0.4, 0.5) is 10.2 Å². The SMILES string of the molecule is Nc1ncc(-c2cccc(C(=O)NCc3ccc(Cl)cc3F)c2)nc1C(=O)N[C@H]1CCCNC1. The van der Waals surface area contributed by atoms with Crippen molar-refractivity contribution in [1.29, 1.82) is 0 Å². The van der Waals surface area contributed by atoms with E-state index in [4.69, 9.17) is 17.3 Å². The predicted molar refractivity (Wildman–Crippen MR) is 128 cm³/mol. The molecule has 4 rings (SSSR count). The van der Waals surface area contributed by atoms with E-state index in [-0.39, 0.29) is 40.9 Å². The fourth-order valence-corrected chi connectivity index (χ4v) is 3.85. The summed E-state index contributed by atoms with van der Waals surface area (Å²) in [6.07, 6.45) is 3.31. The fourth-order valence-electron chi connectivity index (χ4n) is 3.70. The first kappa shape index (κ1) is 23.6. The summed E-state index contributed by atoms with van der Waals surface area (Å²) < 4.78 is 14.0. The number of nitrogens with zero attached hydrogens (tertiary/aromatic N) is 2. The second kappa shape index (κ2) is 10.6. The molecule has 0 saturated carbocycles. The molecule has 0 bridgehead atoms. The molecule has 1 saturated heterocycles. The number of nitrogens with two attached hydrogens (primary N) is 1. The molecule has 5 N–H and O–H groups in total. The number of rotatable bonds is 6. The zero-order chi connectivity index (χ0) is 24.1. The molecule has 0 aliphatic carbocycles. The number of carbonyl (C=O) groups is 2. The molecule has 0 radical (unpaired) electrons. The Hall–Kier alpha value is -3.56. The molecule has 3 aromatic rings. The van der Waals surface area contributed by atoms with Crippen LogP contribution in [-0.4, -0.2) is 40.9 Å². The van der Waals surface area contributed by atoms with Crippen molar-refractivity contribution in [2.45, 2.75) is 25.4 Å². The summed E-state index contributed by atoms with van der Waals surface area (Å²) in [5.41, 5.74) is 7.62. The highest BCUT2D eigenvalue weighted by atomic mass is 35.5. The topological polar surface area (TPSA) is 122 Å². The number of hydrogen-bond acceptors (Lipinski definition) is 6. The highest BCUT2D eigenvalue weighted by Crippen LogP contribution is 2.21. The van der Waals surface area contributed by atoms with Crippen LogP contribution < -0.4 is 21.7 Å². The molecule has 10 heteroatoms. The lowest BCUT2D eigenvalue weighted by atomic mass is 10.1. The van der Waals surface area contributed by atoms with E-state index < -0.39 is 5.82 Å². The molecule has 2 aromatic carbocycles. The summed E-state index contributed by atoms with van der Waals surface area (Å²) in [7, 11) is 0. The van der Waals surface area contributed by atoms with E-state index in [0.29, 0.717) is 28.9 Å². The van der Waals surface area contributed by atoms with Gasteiger partial charge in [-0.1, -0.05) is 29.8 Å². The van der Waals surface area contributed by atoms with Crippen molar-refractivity contribution in [3.05, 3.63) is 76.3 Å². The smallest absolute Gasteiger partial charge is 0.274 e. The van der Waals surface area contributed by atoms with Crippen LogP contribution in [0.15, 0.2) is 48.7 Å². The second-order valence-electron chi connectivity index (χ2n) is 8.01. The van der Waals surface area contributed by atoms with Gasteiger partial charge in [0.1, 0.15) is 5.82 Å². The van der Waals surface area contributed by atoms with Crippen LogP contribution in [0.1, 0.15) is 39.3 Å². The molecule has 1 aromatic heterocycles. The molecule has 1 atom stereocenters. The Kier molecular flexibility index (Phi) is 7.34. The van der Waals surface area contributed by atoms with Gasteiger partial charge in [0, 0.05) is 40.8 Å². The zero-order valence-electron chi connectivity index (χ0n) is 18.3. The Morgan fingerprint density at radius 2 is 2.06 bits per heavy atom. The number of piperidine rings is 1. The van der Waals surface area contributed by atoms with Crippen LogP contribution in [0, 0.1) is 5.82 Å². The van der Waals surface area contributed by atoms with Gasteiger partial charge in [0.05, 0.1) is 11.9 Å². The number of anilines is 1. The third kappa shape index (κ3) is 5.67. The van der Waals surface area contributed by atoms with Gasteiger partial charge in [-0.2, -0.15) is 0 Å². The van der Waals surface area contributed by atoms with E-state index >= 15 is 0 Å². The zero-order valence-corrected chi connectivity index (χ0v) is 19.0. The van der Waals surface area contributed by atoms with E-state index in [1.165, 1.54) is 18.3 Å².